The summed E-state index contributed by atoms with van der Waals surface area (Å²) in [4.78, 5) is 24.4. The summed E-state index contributed by atoms with van der Waals surface area (Å²) in [6, 6.07) is 13.4. The van der Waals surface area contributed by atoms with Crippen LogP contribution >= 0.6 is 23.2 Å². The molecule has 1 aliphatic rings. The summed E-state index contributed by atoms with van der Waals surface area (Å²) < 4.78 is 7.14. The van der Waals surface area contributed by atoms with E-state index in [0.717, 1.165) is 35.7 Å². The number of carbonyl (C=O) groups excluding carboxylic acids is 2. The Kier molecular flexibility index (Phi) is 8.76. The fraction of sp³-hybridized carbons (Fsp3) is 0.321. The molecule has 200 valence electrons. The van der Waals surface area contributed by atoms with Gasteiger partial charge in [-0.15, -0.1) is 0 Å². The lowest BCUT2D eigenvalue weighted by molar-refractivity contribution is -0.113. The highest BCUT2D eigenvalue weighted by Gasteiger charge is 2.29. The molecule has 3 aromatic rings. The number of nitrogens with zero attached hydrogens (tertiary/aromatic N) is 3. The summed E-state index contributed by atoms with van der Waals surface area (Å²) in [5, 5.41) is 7.51. The molecule has 0 bridgehead atoms. The second kappa shape index (κ2) is 12.0. The van der Waals surface area contributed by atoms with E-state index in [9.17, 15) is 9.59 Å². The Morgan fingerprint density at radius 3 is 2.61 bits per heavy atom. The van der Waals surface area contributed by atoms with E-state index in [4.69, 9.17) is 38.8 Å². The molecule has 2 heterocycles. The summed E-state index contributed by atoms with van der Waals surface area (Å²) in [6.45, 7) is 7.15. The van der Waals surface area contributed by atoms with Crippen molar-refractivity contribution < 1.29 is 14.3 Å². The van der Waals surface area contributed by atoms with Crippen molar-refractivity contribution in [3.05, 3.63) is 81.7 Å². The van der Waals surface area contributed by atoms with Gasteiger partial charge in [0.1, 0.15) is 6.61 Å². The van der Waals surface area contributed by atoms with Crippen LogP contribution in [-0.2, 0) is 9.53 Å². The topological polar surface area (TPSA) is 102 Å². The normalized spacial score (nSPS) is 15.9. The first-order chi connectivity index (χ1) is 18.2. The van der Waals surface area contributed by atoms with Crippen LogP contribution in [-0.4, -0.2) is 45.8 Å². The third kappa shape index (κ3) is 6.20. The van der Waals surface area contributed by atoms with Crippen molar-refractivity contribution in [3.63, 3.8) is 0 Å². The fourth-order valence-electron chi connectivity index (χ4n) is 4.53. The molecule has 1 fully saturated rings. The summed E-state index contributed by atoms with van der Waals surface area (Å²) in [5.74, 6) is -0.514. The number of aromatic nitrogens is 2. The molecule has 1 atom stereocenters. The molecule has 1 aromatic heterocycles. The van der Waals surface area contributed by atoms with Gasteiger partial charge in [-0.2, -0.15) is 5.10 Å². The Morgan fingerprint density at radius 2 is 1.95 bits per heavy atom. The average Bonchev–Trinajstić information content (AvgIpc) is 3.45. The van der Waals surface area contributed by atoms with E-state index < -0.39 is 5.91 Å². The third-order valence-corrected chi connectivity index (χ3v) is 7.10. The number of hydrogen-bond donors (Lipinski definition) is 2. The lowest BCUT2D eigenvalue weighted by Crippen LogP contribution is -2.47. The first kappa shape index (κ1) is 27.7. The van der Waals surface area contributed by atoms with Gasteiger partial charge in [0, 0.05) is 28.8 Å². The average molecular weight is 556 g/mol. The van der Waals surface area contributed by atoms with Crippen LogP contribution in [0.15, 0.2) is 54.8 Å². The molecule has 0 radical (unpaired) electrons. The van der Waals surface area contributed by atoms with E-state index in [1.54, 1.807) is 22.9 Å². The van der Waals surface area contributed by atoms with Gasteiger partial charge in [0.2, 0.25) is 5.91 Å². The van der Waals surface area contributed by atoms with Crippen LogP contribution in [0.1, 0.15) is 54.2 Å². The number of halogens is 2. The molecule has 2 aromatic carbocycles. The Hall–Kier alpha value is -3.33. The zero-order valence-electron chi connectivity index (χ0n) is 21.6. The van der Waals surface area contributed by atoms with Crippen molar-refractivity contribution in [2.45, 2.75) is 45.6 Å². The number of amides is 2. The molecule has 1 saturated heterocycles. The molecule has 1 aliphatic heterocycles. The molecule has 1 unspecified atom stereocenters. The third-order valence-electron chi connectivity index (χ3n) is 6.57. The molecule has 10 heteroatoms. The SMILES string of the molecule is Cc1c(C(=O)NN2CCCC2CO/C=C\C(N)=O)nn(-c2ccc(Cl)cc2Cl)c1-c1ccc(C(C)C)cc1. The van der Waals surface area contributed by atoms with Gasteiger partial charge in [-0.25, -0.2) is 9.69 Å². The van der Waals surface area contributed by atoms with Gasteiger partial charge < -0.3 is 10.5 Å². The van der Waals surface area contributed by atoms with Crippen LogP contribution in [0.3, 0.4) is 0 Å². The highest BCUT2D eigenvalue weighted by Crippen LogP contribution is 2.33. The van der Waals surface area contributed by atoms with Crippen molar-refractivity contribution in [2.75, 3.05) is 13.2 Å². The van der Waals surface area contributed by atoms with Gasteiger partial charge in [-0.1, -0.05) is 61.3 Å². The lowest BCUT2D eigenvalue weighted by atomic mass is 9.99. The molecule has 8 nitrogen and oxygen atoms in total. The molecule has 0 saturated carbocycles. The maximum atomic E-state index is 13.5. The summed E-state index contributed by atoms with van der Waals surface area (Å²) in [5.41, 5.74) is 12.6. The van der Waals surface area contributed by atoms with Crippen molar-refractivity contribution in [1.29, 1.82) is 0 Å². The van der Waals surface area contributed by atoms with Crippen LogP contribution in [0.4, 0.5) is 0 Å². The van der Waals surface area contributed by atoms with E-state index in [0.29, 0.717) is 40.5 Å². The van der Waals surface area contributed by atoms with Gasteiger partial charge in [-0.3, -0.25) is 15.0 Å². The number of carbonyl (C=O) groups is 2. The monoisotopic (exact) mass is 555 g/mol. The van der Waals surface area contributed by atoms with Gasteiger partial charge in [0.15, 0.2) is 5.69 Å². The van der Waals surface area contributed by atoms with Crippen molar-refractivity contribution in [2.24, 2.45) is 5.73 Å². The number of rotatable bonds is 9. The minimum Gasteiger partial charge on any atom is -0.499 e. The van der Waals surface area contributed by atoms with Gasteiger partial charge >= 0.3 is 0 Å². The molecule has 0 aliphatic carbocycles. The molecule has 2 amide bonds. The minimum atomic E-state index is -0.580. The zero-order valence-corrected chi connectivity index (χ0v) is 23.1. The van der Waals surface area contributed by atoms with E-state index in [-0.39, 0.29) is 11.9 Å². The standard InChI is InChI=1S/C28H31Cl2N5O3/c1-17(2)19-6-8-20(9-7-19)27-18(3)26(32-35(27)24-11-10-21(29)15-23(24)30)28(37)33-34-13-4-5-22(34)16-38-14-12-25(31)36/h6-12,14-15,17,22H,4-5,13,16H2,1-3H3,(H2,31,36)(H,33,37)/b14-12-. The predicted molar refractivity (Wildman–Crippen MR) is 149 cm³/mol. The Bertz CT molecular complexity index is 1350. The van der Waals surface area contributed by atoms with Gasteiger partial charge in [-0.05, 0) is 49.4 Å². The second-order valence-electron chi connectivity index (χ2n) is 9.58. The molecular weight excluding hydrogens is 525 g/mol. The van der Waals surface area contributed by atoms with E-state index in [2.05, 4.69) is 31.4 Å². The summed E-state index contributed by atoms with van der Waals surface area (Å²) >= 11 is 12.7. The summed E-state index contributed by atoms with van der Waals surface area (Å²) in [7, 11) is 0. The lowest BCUT2D eigenvalue weighted by Gasteiger charge is -2.24. The first-order valence-corrected chi connectivity index (χ1v) is 13.2. The predicted octanol–water partition coefficient (Wildman–Crippen LogP) is 5.40. The number of nitrogens with one attached hydrogen (secondary N) is 1. The number of primary amides is 1. The number of benzene rings is 2. The van der Waals surface area contributed by atoms with Crippen LogP contribution < -0.4 is 11.2 Å². The van der Waals surface area contributed by atoms with Gasteiger partial charge in [0.25, 0.3) is 5.91 Å². The Morgan fingerprint density at radius 1 is 1.21 bits per heavy atom. The second-order valence-corrected chi connectivity index (χ2v) is 10.4. The summed E-state index contributed by atoms with van der Waals surface area (Å²) in [6.07, 6.45) is 4.17. The van der Waals surface area contributed by atoms with Crippen LogP contribution in [0.2, 0.25) is 10.0 Å². The van der Waals surface area contributed by atoms with Crippen LogP contribution in [0, 0.1) is 6.92 Å². The maximum absolute atomic E-state index is 13.5. The van der Waals surface area contributed by atoms with Crippen molar-refractivity contribution >= 4 is 35.0 Å². The maximum Gasteiger partial charge on any atom is 0.286 e. The number of nitrogens with two attached hydrogens (primary N) is 1. The highest BCUT2D eigenvalue weighted by atomic mass is 35.5. The van der Waals surface area contributed by atoms with Crippen LogP contribution in [0.5, 0.6) is 0 Å². The molecular formula is C28H31Cl2N5O3. The van der Waals surface area contributed by atoms with Crippen molar-refractivity contribution in [3.8, 4) is 16.9 Å². The molecule has 4 rings (SSSR count). The number of hydrogen-bond acceptors (Lipinski definition) is 5. The molecule has 0 spiro atoms. The minimum absolute atomic E-state index is 0.0485. The number of ether oxygens (including phenoxy) is 1. The zero-order chi connectivity index (χ0) is 27.4. The quantitative estimate of drug-likeness (QED) is 0.271. The molecule has 38 heavy (non-hydrogen) atoms. The molecule has 3 N–H and O–H groups in total. The van der Waals surface area contributed by atoms with Crippen LogP contribution in [0.25, 0.3) is 16.9 Å². The first-order valence-electron chi connectivity index (χ1n) is 12.5. The Balaban J connectivity index is 1.66. The van der Waals surface area contributed by atoms with Crippen molar-refractivity contribution in [1.82, 2.24) is 20.2 Å². The smallest absolute Gasteiger partial charge is 0.286 e. The van der Waals surface area contributed by atoms with E-state index >= 15 is 0 Å². The highest BCUT2D eigenvalue weighted by molar-refractivity contribution is 6.35. The largest absolute Gasteiger partial charge is 0.499 e. The van der Waals surface area contributed by atoms with E-state index in [1.807, 2.05) is 24.1 Å². The van der Waals surface area contributed by atoms with Gasteiger partial charge in [0.05, 0.1) is 28.7 Å². The Labute approximate surface area is 232 Å². The number of hydrazine groups is 1. The van der Waals surface area contributed by atoms with E-state index in [1.165, 1.54) is 11.8 Å². The fourth-order valence-corrected chi connectivity index (χ4v) is 5.01.